The van der Waals surface area contributed by atoms with Gasteiger partial charge in [-0.25, -0.2) is 4.98 Å². The van der Waals surface area contributed by atoms with E-state index in [1.165, 1.54) is 0 Å². The Hall–Kier alpha value is -3.81. The van der Waals surface area contributed by atoms with Crippen molar-refractivity contribution in [2.75, 3.05) is 0 Å². The first kappa shape index (κ1) is 16.6. The fourth-order valence-corrected chi connectivity index (χ4v) is 2.79. The highest BCUT2D eigenvalue weighted by atomic mass is 16.1. The van der Waals surface area contributed by atoms with Gasteiger partial charge in [-0.05, 0) is 28.5 Å². The van der Waals surface area contributed by atoms with Crippen LogP contribution in [0.4, 0.5) is 0 Å². The maximum Gasteiger partial charge on any atom is 0.251 e. The first-order chi connectivity index (χ1) is 13.3. The molecule has 2 heterocycles. The van der Waals surface area contributed by atoms with Crippen molar-refractivity contribution in [3.05, 3.63) is 83.9 Å². The number of hydrogen-bond acceptors (Lipinski definition) is 5. The minimum atomic E-state index is -0.132. The van der Waals surface area contributed by atoms with E-state index in [2.05, 4.69) is 37.0 Å². The van der Waals surface area contributed by atoms with Crippen molar-refractivity contribution < 1.29 is 4.79 Å². The predicted molar refractivity (Wildman–Crippen MR) is 98.6 cm³/mol. The summed E-state index contributed by atoms with van der Waals surface area (Å²) in [6, 6.07) is 15.1. The van der Waals surface area contributed by atoms with Crippen LogP contribution < -0.4 is 5.32 Å². The van der Waals surface area contributed by atoms with Gasteiger partial charge >= 0.3 is 0 Å². The Morgan fingerprint density at radius 3 is 2.59 bits per heavy atom. The lowest BCUT2D eigenvalue weighted by atomic mass is 10.1. The van der Waals surface area contributed by atoms with Crippen LogP contribution in [0.15, 0.2) is 67.3 Å². The first-order valence-electron chi connectivity index (χ1n) is 8.44. The highest BCUT2D eigenvalue weighted by Crippen LogP contribution is 2.15. The van der Waals surface area contributed by atoms with E-state index in [0.717, 1.165) is 16.7 Å². The molecule has 134 valence electrons. The summed E-state index contributed by atoms with van der Waals surface area (Å²) < 4.78 is 2.00. The van der Waals surface area contributed by atoms with Gasteiger partial charge in [-0.1, -0.05) is 36.4 Å². The summed E-state index contributed by atoms with van der Waals surface area (Å²) >= 11 is 0. The van der Waals surface area contributed by atoms with E-state index in [9.17, 15) is 4.79 Å². The summed E-state index contributed by atoms with van der Waals surface area (Å²) in [5.74, 6) is 0.363. The van der Waals surface area contributed by atoms with Crippen molar-refractivity contribution in [3.63, 3.8) is 0 Å². The number of nitrogens with zero attached hydrogens (tertiary/aromatic N) is 5. The molecule has 2 N–H and O–H groups in total. The van der Waals surface area contributed by atoms with Crippen molar-refractivity contribution >= 4 is 5.91 Å². The number of hydrogen-bond donors (Lipinski definition) is 2. The number of carbonyl (C=O) groups is 1. The second kappa shape index (κ2) is 7.61. The zero-order valence-electron chi connectivity index (χ0n) is 14.4. The van der Waals surface area contributed by atoms with E-state index in [4.69, 9.17) is 0 Å². The summed E-state index contributed by atoms with van der Waals surface area (Å²) in [5, 5.41) is 16.8. The topological polar surface area (TPSA) is 101 Å². The molecule has 4 aromatic rings. The Morgan fingerprint density at radius 1 is 1.07 bits per heavy atom. The number of H-pyrrole nitrogens is 1. The van der Waals surface area contributed by atoms with Gasteiger partial charge in [-0.15, -0.1) is 10.2 Å². The Labute approximate surface area is 155 Å². The zero-order valence-corrected chi connectivity index (χ0v) is 14.4. The van der Waals surface area contributed by atoms with Gasteiger partial charge in [0.2, 0.25) is 5.82 Å². The Bertz CT molecular complexity index is 1010. The maximum absolute atomic E-state index is 12.5. The summed E-state index contributed by atoms with van der Waals surface area (Å²) in [5.41, 5.74) is 3.59. The van der Waals surface area contributed by atoms with Crippen molar-refractivity contribution in [3.8, 4) is 11.4 Å². The lowest BCUT2D eigenvalue weighted by Crippen LogP contribution is -2.23. The van der Waals surface area contributed by atoms with Crippen molar-refractivity contribution in [2.45, 2.75) is 13.1 Å². The molecule has 2 aromatic heterocycles. The van der Waals surface area contributed by atoms with Crippen molar-refractivity contribution in [2.24, 2.45) is 0 Å². The van der Waals surface area contributed by atoms with Crippen LogP contribution in [-0.4, -0.2) is 36.1 Å². The predicted octanol–water partition coefficient (Wildman–Crippen LogP) is 2.04. The summed E-state index contributed by atoms with van der Waals surface area (Å²) in [7, 11) is 0. The van der Waals surface area contributed by atoms with Gasteiger partial charge in [0, 0.05) is 36.6 Å². The van der Waals surface area contributed by atoms with Crippen molar-refractivity contribution in [1.29, 1.82) is 0 Å². The minimum Gasteiger partial charge on any atom is -0.348 e. The fourth-order valence-electron chi connectivity index (χ4n) is 2.79. The molecule has 27 heavy (non-hydrogen) atoms. The average Bonchev–Trinajstić information content (AvgIpc) is 3.41. The molecular weight excluding hydrogens is 342 g/mol. The normalized spacial score (nSPS) is 10.7. The van der Waals surface area contributed by atoms with Gasteiger partial charge in [0.1, 0.15) is 0 Å². The van der Waals surface area contributed by atoms with Crippen LogP contribution in [0.2, 0.25) is 0 Å². The van der Waals surface area contributed by atoms with Crippen LogP contribution in [0.1, 0.15) is 21.5 Å². The van der Waals surface area contributed by atoms with Crippen LogP contribution in [-0.2, 0) is 13.1 Å². The lowest BCUT2D eigenvalue weighted by Gasteiger charge is -2.11. The fraction of sp³-hybridized carbons (Fsp3) is 0.105. The van der Waals surface area contributed by atoms with Gasteiger partial charge in [-0.3, -0.25) is 4.79 Å². The minimum absolute atomic E-state index is 0.132. The smallest absolute Gasteiger partial charge is 0.251 e. The number of rotatable bonds is 6. The number of tetrazole rings is 1. The number of benzene rings is 2. The van der Waals surface area contributed by atoms with Crippen LogP contribution in [0, 0.1) is 0 Å². The van der Waals surface area contributed by atoms with Gasteiger partial charge < -0.3 is 9.88 Å². The second-order valence-electron chi connectivity index (χ2n) is 6.00. The SMILES string of the molecule is O=C(NCc1ccccc1Cn1ccnc1)c1ccc(-c2nn[nH]n2)cc1. The summed E-state index contributed by atoms with van der Waals surface area (Å²) in [6.07, 6.45) is 5.45. The maximum atomic E-state index is 12.5. The van der Waals surface area contributed by atoms with Crippen molar-refractivity contribution in [1.82, 2.24) is 35.5 Å². The molecule has 4 rings (SSSR count). The number of aromatic nitrogens is 6. The van der Waals surface area contributed by atoms with E-state index >= 15 is 0 Å². The first-order valence-corrected chi connectivity index (χ1v) is 8.44. The van der Waals surface area contributed by atoms with Gasteiger partial charge in [0.25, 0.3) is 5.91 Å². The zero-order chi connectivity index (χ0) is 18.5. The van der Waals surface area contributed by atoms with Crippen LogP contribution >= 0.6 is 0 Å². The third-order valence-corrected chi connectivity index (χ3v) is 4.22. The number of carbonyl (C=O) groups excluding carboxylic acids is 1. The monoisotopic (exact) mass is 359 g/mol. The highest BCUT2D eigenvalue weighted by molar-refractivity contribution is 5.94. The Kier molecular flexibility index (Phi) is 4.69. The largest absolute Gasteiger partial charge is 0.348 e. The molecular formula is C19H17N7O. The number of amides is 1. The van der Waals surface area contributed by atoms with E-state index in [1.54, 1.807) is 36.8 Å². The van der Waals surface area contributed by atoms with Gasteiger partial charge in [0.15, 0.2) is 0 Å². The molecule has 0 unspecified atom stereocenters. The van der Waals surface area contributed by atoms with Crippen LogP contribution in [0.5, 0.6) is 0 Å². The summed E-state index contributed by atoms with van der Waals surface area (Å²) in [4.78, 5) is 16.5. The van der Waals surface area contributed by atoms with E-state index < -0.39 is 0 Å². The highest BCUT2D eigenvalue weighted by Gasteiger charge is 2.09. The molecule has 1 amide bonds. The third-order valence-electron chi connectivity index (χ3n) is 4.22. The molecule has 0 aliphatic rings. The number of imidazole rings is 1. The number of nitrogens with one attached hydrogen (secondary N) is 2. The molecule has 0 spiro atoms. The molecule has 0 bridgehead atoms. The lowest BCUT2D eigenvalue weighted by molar-refractivity contribution is 0.0951. The van der Waals surface area contributed by atoms with E-state index in [-0.39, 0.29) is 5.91 Å². The summed E-state index contributed by atoms with van der Waals surface area (Å²) in [6.45, 7) is 1.17. The molecule has 2 aromatic carbocycles. The molecule has 0 atom stereocenters. The molecule has 0 saturated heterocycles. The Balaban J connectivity index is 1.42. The number of aromatic amines is 1. The molecule has 0 fully saturated rings. The molecule has 0 saturated carbocycles. The average molecular weight is 359 g/mol. The standard InChI is InChI=1S/C19H17N7O/c27-19(15-7-5-14(6-8-15)18-22-24-25-23-18)21-11-16-3-1-2-4-17(16)12-26-10-9-20-13-26/h1-10,13H,11-12H2,(H,21,27)(H,22,23,24,25). The third kappa shape index (κ3) is 3.90. The van der Waals surface area contributed by atoms with Crippen LogP contribution in [0.25, 0.3) is 11.4 Å². The quantitative estimate of drug-likeness (QED) is 0.549. The molecule has 0 aliphatic carbocycles. The molecule has 8 heteroatoms. The van der Waals surface area contributed by atoms with E-state index in [1.807, 2.05) is 29.0 Å². The molecule has 8 nitrogen and oxygen atoms in total. The molecule has 0 radical (unpaired) electrons. The molecule has 0 aliphatic heterocycles. The van der Waals surface area contributed by atoms with Gasteiger partial charge in [0.05, 0.1) is 6.33 Å². The second-order valence-corrected chi connectivity index (χ2v) is 6.00. The van der Waals surface area contributed by atoms with Gasteiger partial charge in [-0.2, -0.15) is 5.21 Å². The Morgan fingerprint density at radius 2 is 1.89 bits per heavy atom. The van der Waals surface area contributed by atoms with E-state index in [0.29, 0.717) is 24.5 Å². The van der Waals surface area contributed by atoms with Crippen LogP contribution in [0.3, 0.4) is 0 Å².